The van der Waals surface area contributed by atoms with Crippen molar-refractivity contribution in [2.45, 2.75) is 76.4 Å². The average molecular weight is 525 g/mol. The lowest BCUT2D eigenvalue weighted by molar-refractivity contribution is 0.132. The topological polar surface area (TPSA) is 31.6 Å². The van der Waals surface area contributed by atoms with Crippen LogP contribution in [0.1, 0.15) is 71.0 Å². The van der Waals surface area contributed by atoms with Crippen LogP contribution in [0.5, 0.6) is 5.75 Å². The zero-order valence-electron chi connectivity index (χ0n) is 23.0. The van der Waals surface area contributed by atoms with E-state index >= 15 is 0 Å². The van der Waals surface area contributed by atoms with Gasteiger partial charge >= 0.3 is 0 Å². The molecule has 0 amide bonds. The molecule has 0 N–H and O–H groups in total. The van der Waals surface area contributed by atoms with Crippen molar-refractivity contribution in [1.29, 1.82) is 0 Å². The molecule has 3 nitrogen and oxygen atoms in total. The molecule has 198 valence electrons. The Bertz CT molecular complexity index is 1300. The van der Waals surface area contributed by atoms with Crippen LogP contribution in [0.15, 0.2) is 89.3 Å². The van der Waals surface area contributed by atoms with E-state index in [0.717, 1.165) is 55.3 Å². The fourth-order valence-corrected chi connectivity index (χ4v) is 11.0. The third-order valence-corrected chi connectivity index (χ3v) is 13.6. The molecule has 2 saturated carbocycles. The Balaban J connectivity index is 1.20. The summed E-state index contributed by atoms with van der Waals surface area (Å²) in [4.78, 5) is 0. The first-order valence-corrected chi connectivity index (χ1v) is 16.3. The van der Waals surface area contributed by atoms with Gasteiger partial charge in [0.05, 0.1) is 6.61 Å². The minimum Gasteiger partial charge on any atom is -0.493 e. The first kappa shape index (κ1) is 25.5. The highest BCUT2D eigenvalue weighted by Crippen LogP contribution is 2.42. The maximum Gasteiger partial charge on any atom is 0.261 e. The van der Waals surface area contributed by atoms with Crippen LogP contribution in [0.3, 0.4) is 0 Å². The van der Waals surface area contributed by atoms with Gasteiger partial charge in [-0.3, -0.25) is 0 Å². The summed E-state index contributed by atoms with van der Waals surface area (Å²) in [6.45, 7) is 7.92. The summed E-state index contributed by atoms with van der Waals surface area (Å²) in [5.41, 5.74) is 0.944. The molecule has 0 bridgehead atoms. The highest BCUT2D eigenvalue weighted by atomic mass is 28.4. The van der Waals surface area contributed by atoms with Gasteiger partial charge in [-0.05, 0) is 78.1 Å². The SMILES string of the molecule is CC(C)(C)[Si](OC1CCC(c2cc3ccc(OCC4CC4)cc3o2)CC1)(c1ccccc1)c1ccccc1. The van der Waals surface area contributed by atoms with Gasteiger partial charge in [-0.25, -0.2) is 0 Å². The van der Waals surface area contributed by atoms with Crippen molar-refractivity contribution in [3.05, 3.63) is 90.7 Å². The number of rotatable bonds is 8. The Labute approximate surface area is 228 Å². The van der Waals surface area contributed by atoms with E-state index in [2.05, 4.69) is 106 Å². The molecule has 0 atom stereocenters. The molecule has 1 heterocycles. The predicted molar refractivity (Wildman–Crippen MR) is 158 cm³/mol. The van der Waals surface area contributed by atoms with Crippen LogP contribution in [0.2, 0.25) is 5.04 Å². The molecule has 38 heavy (non-hydrogen) atoms. The standard InChI is InChI=1S/C34H40O3Si/c1-34(2,3)38(30-10-6-4-7-11-30,31-12-8-5-9-13-31)37-28-19-16-26(17-20-28)32-22-27-18-21-29(23-33(27)36-32)35-24-25-14-15-25/h4-13,18,21-23,25-26,28H,14-17,19-20,24H2,1-3H3. The summed E-state index contributed by atoms with van der Waals surface area (Å²) < 4.78 is 19.8. The predicted octanol–water partition coefficient (Wildman–Crippen LogP) is 7.82. The summed E-state index contributed by atoms with van der Waals surface area (Å²) in [7, 11) is -2.52. The molecule has 0 unspecified atom stereocenters. The zero-order valence-corrected chi connectivity index (χ0v) is 24.0. The van der Waals surface area contributed by atoms with E-state index in [1.807, 2.05) is 0 Å². The molecular weight excluding hydrogens is 484 g/mol. The van der Waals surface area contributed by atoms with E-state index in [1.165, 1.54) is 28.6 Å². The second kappa shape index (κ2) is 10.4. The third kappa shape index (κ3) is 5.09. The zero-order chi connectivity index (χ0) is 26.2. The molecule has 0 radical (unpaired) electrons. The van der Waals surface area contributed by atoms with E-state index < -0.39 is 8.32 Å². The number of benzene rings is 3. The molecule has 2 aliphatic rings. The lowest BCUT2D eigenvalue weighted by Crippen LogP contribution is -2.67. The molecule has 2 fully saturated rings. The van der Waals surface area contributed by atoms with E-state index in [-0.39, 0.29) is 11.1 Å². The maximum absolute atomic E-state index is 7.42. The lowest BCUT2D eigenvalue weighted by atomic mass is 9.86. The van der Waals surface area contributed by atoms with Crippen LogP contribution in [-0.2, 0) is 4.43 Å². The quantitative estimate of drug-likeness (QED) is 0.220. The Morgan fingerprint density at radius 3 is 1.97 bits per heavy atom. The monoisotopic (exact) mass is 524 g/mol. The van der Waals surface area contributed by atoms with E-state index in [0.29, 0.717) is 5.92 Å². The van der Waals surface area contributed by atoms with Gasteiger partial charge in [-0.2, -0.15) is 0 Å². The smallest absolute Gasteiger partial charge is 0.261 e. The first-order valence-electron chi connectivity index (χ1n) is 14.4. The summed E-state index contributed by atoms with van der Waals surface area (Å²) in [5.74, 6) is 3.23. The van der Waals surface area contributed by atoms with Gasteiger partial charge in [0, 0.05) is 23.5 Å². The lowest BCUT2D eigenvalue weighted by Gasteiger charge is -2.46. The second-order valence-electron chi connectivity index (χ2n) is 12.4. The Kier molecular flexibility index (Phi) is 6.96. The number of hydrogen-bond acceptors (Lipinski definition) is 3. The summed E-state index contributed by atoms with van der Waals surface area (Å²) in [5, 5.41) is 3.89. The number of furan rings is 1. The van der Waals surface area contributed by atoms with Gasteiger partial charge in [0.15, 0.2) is 0 Å². The summed E-state index contributed by atoms with van der Waals surface area (Å²) in [6.07, 6.45) is 7.15. The third-order valence-electron chi connectivity index (χ3n) is 8.53. The van der Waals surface area contributed by atoms with Crippen LogP contribution in [0.25, 0.3) is 11.0 Å². The van der Waals surface area contributed by atoms with Crippen LogP contribution in [0, 0.1) is 5.92 Å². The Morgan fingerprint density at radius 2 is 1.39 bits per heavy atom. The Morgan fingerprint density at radius 1 is 0.763 bits per heavy atom. The molecule has 0 spiro atoms. The van der Waals surface area contributed by atoms with Gasteiger partial charge in [0.1, 0.15) is 17.1 Å². The molecule has 3 aromatic carbocycles. The van der Waals surface area contributed by atoms with Gasteiger partial charge in [0.25, 0.3) is 8.32 Å². The van der Waals surface area contributed by atoms with Crippen LogP contribution >= 0.6 is 0 Å². The summed E-state index contributed by atoms with van der Waals surface area (Å²) in [6, 6.07) is 30.5. The van der Waals surface area contributed by atoms with Crippen molar-refractivity contribution in [2.75, 3.05) is 6.61 Å². The van der Waals surface area contributed by atoms with Crippen molar-refractivity contribution in [2.24, 2.45) is 5.92 Å². The second-order valence-corrected chi connectivity index (χ2v) is 16.6. The molecule has 1 aromatic heterocycles. The molecule has 4 aromatic rings. The van der Waals surface area contributed by atoms with Crippen LogP contribution < -0.4 is 15.1 Å². The largest absolute Gasteiger partial charge is 0.493 e. The Hall–Kier alpha value is -2.82. The molecule has 0 aliphatic heterocycles. The van der Waals surface area contributed by atoms with Crippen molar-refractivity contribution < 1.29 is 13.6 Å². The molecule has 2 aliphatic carbocycles. The van der Waals surface area contributed by atoms with Crippen molar-refractivity contribution >= 4 is 29.7 Å². The minimum atomic E-state index is -2.52. The van der Waals surface area contributed by atoms with Gasteiger partial charge in [0.2, 0.25) is 0 Å². The fourth-order valence-electron chi connectivity index (χ4n) is 6.23. The number of fused-ring (bicyclic) bond motifs is 1. The maximum atomic E-state index is 7.42. The average Bonchev–Trinajstić information content (AvgIpc) is 3.67. The molecular formula is C34H40O3Si. The molecule has 6 rings (SSSR count). The van der Waals surface area contributed by atoms with Crippen molar-refractivity contribution in [1.82, 2.24) is 0 Å². The summed E-state index contributed by atoms with van der Waals surface area (Å²) >= 11 is 0. The first-order chi connectivity index (χ1) is 18.4. The van der Waals surface area contributed by atoms with E-state index in [9.17, 15) is 0 Å². The van der Waals surface area contributed by atoms with Gasteiger partial charge in [-0.15, -0.1) is 0 Å². The highest BCUT2D eigenvalue weighted by molar-refractivity contribution is 6.99. The van der Waals surface area contributed by atoms with Crippen molar-refractivity contribution in [3.8, 4) is 5.75 Å². The van der Waals surface area contributed by atoms with E-state index in [4.69, 9.17) is 13.6 Å². The normalized spacial score (nSPS) is 20.5. The van der Waals surface area contributed by atoms with Crippen LogP contribution in [-0.4, -0.2) is 21.0 Å². The van der Waals surface area contributed by atoms with E-state index in [1.54, 1.807) is 0 Å². The van der Waals surface area contributed by atoms with Gasteiger partial charge in [-0.1, -0.05) is 81.4 Å². The fraction of sp³-hybridized carbons (Fsp3) is 0.412. The molecule has 4 heteroatoms. The molecule has 0 saturated heterocycles. The van der Waals surface area contributed by atoms with Crippen LogP contribution in [0.4, 0.5) is 0 Å². The minimum absolute atomic E-state index is 0.00454. The van der Waals surface area contributed by atoms with Crippen molar-refractivity contribution in [3.63, 3.8) is 0 Å². The highest BCUT2D eigenvalue weighted by Gasteiger charge is 2.51. The number of ether oxygens (including phenoxy) is 1. The number of hydrogen-bond donors (Lipinski definition) is 0. The van der Waals surface area contributed by atoms with Gasteiger partial charge < -0.3 is 13.6 Å².